The van der Waals surface area contributed by atoms with E-state index in [0.29, 0.717) is 6.54 Å². The van der Waals surface area contributed by atoms with Gasteiger partial charge in [0, 0.05) is 0 Å². The third kappa shape index (κ3) is 2.27. The second-order valence-electron chi connectivity index (χ2n) is 2.51. The summed E-state index contributed by atoms with van der Waals surface area (Å²) in [4.78, 5) is 0. The Hall–Kier alpha value is -1.01. The summed E-state index contributed by atoms with van der Waals surface area (Å²) in [5.41, 5.74) is 0. The number of aromatic nitrogens is 2. The number of nitrogens with one attached hydrogen (secondary N) is 1. The molecular formula is C8H9N3OS2. The summed E-state index contributed by atoms with van der Waals surface area (Å²) >= 11 is 3.14. The Labute approximate surface area is 89.7 Å². The highest BCUT2D eigenvalue weighted by Crippen LogP contribution is 2.23. The summed E-state index contributed by atoms with van der Waals surface area (Å²) in [7, 11) is 0. The van der Waals surface area contributed by atoms with Crippen molar-refractivity contribution in [3.05, 3.63) is 24.2 Å². The maximum atomic E-state index is 5.18. The molecule has 2 aromatic heterocycles. The summed E-state index contributed by atoms with van der Waals surface area (Å²) in [6, 6.07) is 3.79. The van der Waals surface area contributed by atoms with E-state index >= 15 is 0 Å². The number of hydrogen-bond acceptors (Lipinski definition) is 6. The lowest BCUT2D eigenvalue weighted by Crippen LogP contribution is -1.96. The Kier molecular flexibility index (Phi) is 3.05. The smallest absolute Gasteiger partial charge is 0.206 e. The van der Waals surface area contributed by atoms with Crippen molar-refractivity contribution < 1.29 is 4.42 Å². The van der Waals surface area contributed by atoms with Crippen LogP contribution >= 0.6 is 23.1 Å². The van der Waals surface area contributed by atoms with Crippen molar-refractivity contribution in [2.24, 2.45) is 0 Å². The molecule has 0 aliphatic carbocycles. The molecule has 2 heterocycles. The fourth-order valence-corrected chi connectivity index (χ4v) is 2.11. The van der Waals surface area contributed by atoms with Crippen LogP contribution < -0.4 is 5.32 Å². The molecule has 0 spiro atoms. The van der Waals surface area contributed by atoms with Gasteiger partial charge in [-0.05, 0) is 18.4 Å². The Morgan fingerprint density at radius 1 is 1.57 bits per heavy atom. The molecule has 0 aromatic carbocycles. The van der Waals surface area contributed by atoms with Crippen LogP contribution in [-0.4, -0.2) is 16.5 Å². The molecule has 6 heteroatoms. The van der Waals surface area contributed by atoms with Crippen LogP contribution in [-0.2, 0) is 6.54 Å². The zero-order valence-corrected chi connectivity index (χ0v) is 9.19. The topological polar surface area (TPSA) is 51.0 Å². The molecule has 0 fully saturated rings. The van der Waals surface area contributed by atoms with Crippen molar-refractivity contribution in [2.45, 2.75) is 10.9 Å². The molecule has 2 rings (SSSR count). The Morgan fingerprint density at radius 2 is 2.50 bits per heavy atom. The average Bonchev–Trinajstić information content (AvgIpc) is 2.86. The lowest BCUT2D eigenvalue weighted by atomic mass is 10.4. The molecule has 2 aromatic rings. The molecule has 14 heavy (non-hydrogen) atoms. The van der Waals surface area contributed by atoms with Gasteiger partial charge in [-0.25, -0.2) is 0 Å². The van der Waals surface area contributed by atoms with E-state index in [1.54, 1.807) is 29.4 Å². The lowest BCUT2D eigenvalue weighted by Gasteiger charge is -1.96. The normalized spacial score (nSPS) is 10.4. The van der Waals surface area contributed by atoms with Crippen LogP contribution in [0.25, 0.3) is 0 Å². The van der Waals surface area contributed by atoms with Crippen molar-refractivity contribution in [1.82, 2.24) is 10.2 Å². The first-order valence-corrected chi connectivity index (χ1v) is 6.06. The molecule has 0 radical (unpaired) electrons. The SMILES string of the molecule is CSc1nnc(NCc2ccco2)s1. The molecule has 1 N–H and O–H groups in total. The summed E-state index contributed by atoms with van der Waals surface area (Å²) in [6.07, 6.45) is 3.64. The first kappa shape index (κ1) is 9.54. The van der Waals surface area contributed by atoms with Gasteiger partial charge in [-0.3, -0.25) is 0 Å². The van der Waals surface area contributed by atoms with Gasteiger partial charge in [-0.15, -0.1) is 10.2 Å². The zero-order valence-electron chi connectivity index (χ0n) is 7.56. The van der Waals surface area contributed by atoms with Crippen molar-refractivity contribution >= 4 is 28.2 Å². The summed E-state index contributed by atoms with van der Waals surface area (Å²) in [5.74, 6) is 0.894. The van der Waals surface area contributed by atoms with Gasteiger partial charge >= 0.3 is 0 Å². The molecule has 0 atom stereocenters. The number of nitrogens with zero attached hydrogens (tertiary/aromatic N) is 2. The molecule has 0 amide bonds. The number of furan rings is 1. The monoisotopic (exact) mass is 227 g/mol. The van der Waals surface area contributed by atoms with E-state index in [-0.39, 0.29) is 0 Å². The maximum absolute atomic E-state index is 5.18. The standard InChI is InChI=1S/C8H9N3OS2/c1-13-8-11-10-7(14-8)9-5-6-3-2-4-12-6/h2-4H,5H2,1H3,(H,9,10). The third-order valence-electron chi connectivity index (χ3n) is 1.58. The molecule has 0 saturated heterocycles. The molecule has 0 saturated carbocycles. The van der Waals surface area contributed by atoms with E-state index in [0.717, 1.165) is 15.2 Å². The molecule has 0 unspecified atom stereocenters. The second-order valence-corrected chi connectivity index (χ2v) is 4.54. The van der Waals surface area contributed by atoms with Gasteiger partial charge in [0.05, 0.1) is 12.8 Å². The minimum atomic E-state index is 0.649. The predicted molar refractivity (Wildman–Crippen MR) is 57.7 cm³/mol. The molecule has 0 aliphatic heterocycles. The largest absolute Gasteiger partial charge is 0.467 e. The van der Waals surface area contributed by atoms with Crippen LogP contribution in [0.15, 0.2) is 27.2 Å². The van der Waals surface area contributed by atoms with Gasteiger partial charge in [0.25, 0.3) is 0 Å². The number of hydrogen-bond donors (Lipinski definition) is 1. The average molecular weight is 227 g/mol. The minimum Gasteiger partial charge on any atom is -0.467 e. The van der Waals surface area contributed by atoms with E-state index in [1.807, 2.05) is 18.4 Å². The highest BCUT2D eigenvalue weighted by Gasteiger charge is 2.02. The van der Waals surface area contributed by atoms with Gasteiger partial charge < -0.3 is 9.73 Å². The minimum absolute atomic E-state index is 0.649. The maximum Gasteiger partial charge on any atom is 0.206 e. The first-order chi connectivity index (χ1) is 6.88. The Bertz CT molecular complexity index is 385. The summed E-state index contributed by atoms with van der Waals surface area (Å²) in [5, 5.41) is 11.9. The zero-order chi connectivity index (χ0) is 9.80. The van der Waals surface area contributed by atoms with E-state index < -0.39 is 0 Å². The first-order valence-electron chi connectivity index (χ1n) is 4.02. The van der Waals surface area contributed by atoms with Crippen LogP contribution in [0.4, 0.5) is 5.13 Å². The van der Waals surface area contributed by atoms with Crippen LogP contribution in [0.2, 0.25) is 0 Å². The van der Waals surface area contributed by atoms with Crippen molar-refractivity contribution in [2.75, 3.05) is 11.6 Å². The van der Waals surface area contributed by atoms with E-state index in [1.165, 1.54) is 0 Å². The van der Waals surface area contributed by atoms with Gasteiger partial charge in [0.15, 0.2) is 4.34 Å². The van der Waals surface area contributed by atoms with Crippen molar-refractivity contribution in [3.8, 4) is 0 Å². The number of rotatable bonds is 4. The summed E-state index contributed by atoms with van der Waals surface area (Å²) < 4.78 is 6.14. The number of anilines is 1. The quantitative estimate of drug-likeness (QED) is 0.813. The van der Waals surface area contributed by atoms with Gasteiger partial charge in [0.1, 0.15) is 5.76 Å². The molecule has 0 aliphatic rings. The number of thioether (sulfide) groups is 1. The molecule has 0 bridgehead atoms. The molecular weight excluding hydrogens is 218 g/mol. The lowest BCUT2D eigenvalue weighted by molar-refractivity contribution is 0.518. The molecule has 4 nitrogen and oxygen atoms in total. The van der Waals surface area contributed by atoms with Gasteiger partial charge in [0.2, 0.25) is 5.13 Å². The van der Waals surface area contributed by atoms with Crippen LogP contribution in [0.3, 0.4) is 0 Å². The predicted octanol–water partition coefficient (Wildman–Crippen LogP) is 2.47. The van der Waals surface area contributed by atoms with E-state index in [4.69, 9.17) is 4.42 Å². The highest BCUT2D eigenvalue weighted by molar-refractivity contribution is 8.00. The van der Waals surface area contributed by atoms with Gasteiger partial charge in [-0.2, -0.15) is 0 Å². The van der Waals surface area contributed by atoms with Crippen LogP contribution in [0.5, 0.6) is 0 Å². The van der Waals surface area contributed by atoms with Crippen LogP contribution in [0.1, 0.15) is 5.76 Å². The van der Waals surface area contributed by atoms with E-state index in [9.17, 15) is 0 Å². The Morgan fingerprint density at radius 3 is 3.14 bits per heavy atom. The fraction of sp³-hybridized carbons (Fsp3) is 0.250. The summed E-state index contributed by atoms with van der Waals surface area (Å²) in [6.45, 7) is 0.649. The second kappa shape index (κ2) is 4.47. The van der Waals surface area contributed by atoms with Crippen molar-refractivity contribution in [1.29, 1.82) is 0 Å². The molecule has 74 valence electrons. The fourth-order valence-electron chi connectivity index (χ4n) is 0.940. The van der Waals surface area contributed by atoms with Crippen molar-refractivity contribution in [3.63, 3.8) is 0 Å². The third-order valence-corrected chi connectivity index (χ3v) is 3.43. The van der Waals surface area contributed by atoms with Crippen LogP contribution in [0, 0.1) is 0 Å². The highest BCUT2D eigenvalue weighted by atomic mass is 32.2. The van der Waals surface area contributed by atoms with E-state index in [2.05, 4.69) is 15.5 Å². The van der Waals surface area contributed by atoms with Gasteiger partial charge in [-0.1, -0.05) is 23.1 Å². The Balaban J connectivity index is 1.92.